The lowest BCUT2D eigenvalue weighted by molar-refractivity contribution is 0.666. The summed E-state index contributed by atoms with van der Waals surface area (Å²) in [6.07, 6.45) is 0. The average molecular weight is 727 g/mol. The second-order valence-corrected chi connectivity index (χ2v) is 14.9. The van der Waals surface area contributed by atoms with Crippen LogP contribution in [0.4, 0.5) is 0 Å². The highest BCUT2D eigenvalue weighted by Gasteiger charge is 2.22. The molecular formula is C54H34N2O. The Hall–Kier alpha value is -7.62. The molecule has 9 aromatic carbocycles. The van der Waals surface area contributed by atoms with Crippen molar-refractivity contribution in [2.45, 2.75) is 0 Å². The molecule has 0 atom stereocenters. The summed E-state index contributed by atoms with van der Waals surface area (Å²) in [6.45, 7) is 0. The fraction of sp³-hybridized carbons (Fsp3) is 0. The average Bonchev–Trinajstić information content (AvgIpc) is 3.95. The first-order valence-corrected chi connectivity index (χ1v) is 19.5. The van der Waals surface area contributed by atoms with Gasteiger partial charge in [0.25, 0.3) is 0 Å². The van der Waals surface area contributed by atoms with Gasteiger partial charge in [0.2, 0.25) is 0 Å². The molecule has 0 aliphatic rings. The molecule has 0 spiro atoms. The van der Waals surface area contributed by atoms with Gasteiger partial charge in [0.15, 0.2) is 5.58 Å². The first-order chi connectivity index (χ1) is 28.3. The number of para-hydroxylation sites is 3. The van der Waals surface area contributed by atoms with Gasteiger partial charge in [-0.25, -0.2) is 0 Å². The van der Waals surface area contributed by atoms with E-state index in [1.165, 1.54) is 66.0 Å². The summed E-state index contributed by atoms with van der Waals surface area (Å²) in [5.74, 6) is 0. The lowest BCUT2D eigenvalue weighted by atomic mass is 9.96. The molecule has 0 saturated heterocycles. The lowest BCUT2D eigenvalue weighted by Crippen LogP contribution is -1.95. The fourth-order valence-electron chi connectivity index (χ4n) is 9.23. The smallest absolute Gasteiger partial charge is 0.160 e. The van der Waals surface area contributed by atoms with Crippen LogP contribution in [0.15, 0.2) is 211 Å². The number of rotatable bonds is 5. The SMILES string of the molecule is c1ccc(-c2ccc3c(c2)c2c(-c4ccc5c(c4)c4ccccc4n5-c4ccc(-c5ccccc5)c5c4oc4ccccc45)cccc2n3-c2ccccc2)cc1. The molecular weight excluding hydrogens is 693 g/mol. The van der Waals surface area contributed by atoms with Crippen LogP contribution in [0.2, 0.25) is 0 Å². The molecule has 0 saturated carbocycles. The maximum atomic E-state index is 6.81. The Kier molecular flexibility index (Phi) is 6.93. The van der Waals surface area contributed by atoms with Crippen molar-refractivity contribution < 1.29 is 4.42 Å². The van der Waals surface area contributed by atoms with Crippen LogP contribution < -0.4 is 0 Å². The van der Waals surface area contributed by atoms with Crippen molar-refractivity contribution in [2.24, 2.45) is 0 Å². The maximum Gasteiger partial charge on any atom is 0.160 e. The molecule has 0 aliphatic carbocycles. The number of benzene rings is 9. The van der Waals surface area contributed by atoms with Gasteiger partial charge in [-0.15, -0.1) is 0 Å². The Labute approximate surface area is 328 Å². The molecule has 0 bridgehead atoms. The second-order valence-electron chi connectivity index (χ2n) is 14.9. The van der Waals surface area contributed by atoms with Crippen LogP contribution in [0.25, 0.3) is 110 Å². The van der Waals surface area contributed by atoms with E-state index in [-0.39, 0.29) is 0 Å². The van der Waals surface area contributed by atoms with Crippen molar-refractivity contribution in [2.75, 3.05) is 0 Å². The molecule has 12 rings (SSSR count). The molecule has 3 nitrogen and oxygen atoms in total. The van der Waals surface area contributed by atoms with Crippen molar-refractivity contribution >= 4 is 65.6 Å². The van der Waals surface area contributed by atoms with E-state index in [0.29, 0.717) is 0 Å². The number of hydrogen-bond donors (Lipinski definition) is 0. The Bertz CT molecular complexity index is 3500. The largest absolute Gasteiger partial charge is 0.454 e. The van der Waals surface area contributed by atoms with Crippen LogP contribution in [0, 0.1) is 0 Å². The zero-order chi connectivity index (χ0) is 37.5. The predicted molar refractivity (Wildman–Crippen MR) is 239 cm³/mol. The van der Waals surface area contributed by atoms with E-state index in [9.17, 15) is 0 Å². The van der Waals surface area contributed by atoms with Crippen molar-refractivity contribution in [3.63, 3.8) is 0 Å². The first-order valence-electron chi connectivity index (χ1n) is 19.5. The highest BCUT2D eigenvalue weighted by molar-refractivity contribution is 6.19. The molecule has 266 valence electrons. The van der Waals surface area contributed by atoms with Gasteiger partial charge in [-0.3, -0.25) is 0 Å². The molecule has 0 fully saturated rings. The van der Waals surface area contributed by atoms with E-state index in [0.717, 1.165) is 44.3 Å². The van der Waals surface area contributed by atoms with E-state index in [4.69, 9.17) is 4.42 Å². The molecule has 0 aliphatic heterocycles. The van der Waals surface area contributed by atoms with Gasteiger partial charge < -0.3 is 13.6 Å². The summed E-state index contributed by atoms with van der Waals surface area (Å²) < 4.78 is 11.6. The number of aromatic nitrogens is 2. The Morgan fingerprint density at radius 2 is 0.912 bits per heavy atom. The minimum absolute atomic E-state index is 0.886. The summed E-state index contributed by atoms with van der Waals surface area (Å²) in [5.41, 5.74) is 15.8. The molecule has 0 unspecified atom stereocenters. The molecule has 0 amide bonds. The zero-order valence-electron chi connectivity index (χ0n) is 30.9. The molecule has 0 radical (unpaired) electrons. The van der Waals surface area contributed by atoms with Crippen molar-refractivity contribution in [3.05, 3.63) is 206 Å². The van der Waals surface area contributed by atoms with E-state index in [2.05, 4.69) is 215 Å². The maximum absolute atomic E-state index is 6.81. The van der Waals surface area contributed by atoms with Crippen LogP contribution in [0.1, 0.15) is 0 Å². The monoisotopic (exact) mass is 726 g/mol. The highest BCUT2D eigenvalue weighted by Crippen LogP contribution is 2.45. The third kappa shape index (κ3) is 4.79. The zero-order valence-corrected chi connectivity index (χ0v) is 30.9. The molecule has 3 heterocycles. The molecule has 0 N–H and O–H groups in total. The van der Waals surface area contributed by atoms with Gasteiger partial charge in [-0.2, -0.15) is 0 Å². The van der Waals surface area contributed by atoms with Crippen LogP contribution in [0.3, 0.4) is 0 Å². The molecule has 57 heavy (non-hydrogen) atoms. The normalized spacial score (nSPS) is 11.9. The third-order valence-electron chi connectivity index (χ3n) is 11.7. The highest BCUT2D eigenvalue weighted by atomic mass is 16.3. The van der Waals surface area contributed by atoms with E-state index in [1.54, 1.807) is 0 Å². The van der Waals surface area contributed by atoms with Gasteiger partial charge in [0.05, 0.1) is 27.8 Å². The van der Waals surface area contributed by atoms with Crippen molar-refractivity contribution in [1.82, 2.24) is 9.13 Å². The minimum Gasteiger partial charge on any atom is -0.454 e. The molecule has 12 aromatic rings. The fourth-order valence-corrected chi connectivity index (χ4v) is 9.23. The number of hydrogen-bond acceptors (Lipinski definition) is 1. The lowest BCUT2D eigenvalue weighted by Gasteiger charge is -2.12. The molecule has 3 aromatic heterocycles. The number of fused-ring (bicyclic) bond motifs is 9. The summed E-state index contributed by atoms with van der Waals surface area (Å²) in [6, 6.07) is 74.3. The minimum atomic E-state index is 0.886. The summed E-state index contributed by atoms with van der Waals surface area (Å²) in [5, 5.41) is 7.14. The van der Waals surface area contributed by atoms with E-state index < -0.39 is 0 Å². The topological polar surface area (TPSA) is 23.0 Å². The summed E-state index contributed by atoms with van der Waals surface area (Å²) >= 11 is 0. The molecule has 3 heteroatoms. The van der Waals surface area contributed by atoms with Crippen molar-refractivity contribution in [1.29, 1.82) is 0 Å². The Morgan fingerprint density at radius 3 is 1.72 bits per heavy atom. The van der Waals surface area contributed by atoms with E-state index >= 15 is 0 Å². The van der Waals surface area contributed by atoms with Gasteiger partial charge >= 0.3 is 0 Å². The van der Waals surface area contributed by atoms with Gasteiger partial charge in [0.1, 0.15) is 5.58 Å². The summed E-state index contributed by atoms with van der Waals surface area (Å²) in [4.78, 5) is 0. The quantitative estimate of drug-likeness (QED) is 0.173. The first kappa shape index (κ1) is 31.7. The van der Waals surface area contributed by atoms with Crippen LogP contribution in [-0.2, 0) is 0 Å². The van der Waals surface area contributed by atoms with Gasteiger partial charge in [0, 0.05) is 38.0 Å². The number of furan rings is 1. The number of nitrogens with zero attached hydrogens (tertiary/aromatic N) is 2. The van der Waals surface area contributed by atoms with Crippen molar-refractivity contribution in [3.8, 4) is 44.8 Å². The van der Waals surface area contributed by atoms with E-state index in [1.807, 2.05) is 0 Å². The Balaban J connectivity index is 1.12. The predicted octanol–water partition coefficient (Wildman–Crippen LogP) is 14.8. The van der Waals surface area contributed by atoms with Gasteiger partial charge in [-0.05, 0) is 94.0 Å². The third-order valence-corrected chi connectivity index (χ3v) is 11.7. The Morgan fingerprint density at radius 1 is 0.316 bits per heavy atom. The van der Waals surface area contributed by atoms with Crippen LogP contribution in [-0.4, -0.2) is 9.13 Å². The van der Waals surface area contributed by atoms with Gasteiger partial charge in [-0.1, -0.05) is 146 Å². The van der Waals surface area contributed by atoms with Crippen LogP contribution >= 0.6 is 0 Å². The summed E-state index contributed by atoms with van der Waals surface area (Å²) in [7, 11) is 0. The van der Waals surface area contributed by atoms with Crippen LogP contribution in [0.5, 0.6) is 0 Å². The second kappa shape index (κ2) is 12.5. The standard InChI is InChI=1S/C54H34N2O/c1-4-15-35(16-5-1)37-27-30-48-45(33-37)52-40(23-14-25-49(52)55(48)39-19-8-3-9-20-39)38-28-31-47-44(34-38)42-21-10-12-24-46(42)56(47)50-32-29-41(36-17-6-2-7-18-36)53-43-22-11-13-26-51(43)57-54(50)53/h1-34H.